The quantitative estimate of drug-likeness (QED) is 0.844. The van der Waals surface area contributed by atoms with Crippen molar-refractivity contribution in [1.29, 1.82) is 0 Å². The molecule has 80 valence electrons. The number of aryl methyl sites for hydroxylation is 1. The van der Waals surface area contributed by atoms with Crippen LogP contribution in [0.15, 0.2) is 28.7 Å². The zero-order valence-corrected chi connectivity index (χ0v) is 10.7. The second-order valence-corrected chi connectivity index (χ2v) is 5.27. The predicted molar refractivity (Wildman–Crippen MR) is 65.9 cm³/mol. The lowest BCUT2D eigenvalue weighted by atomic mass is 10.1. The second-order valence-electron chi connectivity index (χ2n) is 4.35. The smallest absolute Gasteiger partial charge is 0.0989 e. The average molecular weight is 268 g/mol. The fourth-order valence-corrected chi connectivity index (χ4v) is 2.24. The van der Waals surface area contributed by atoms with Crippen molar-refractivity contribution in [3.05, 3.63) is 34.4 Å². The molecule has 1 aromatic carbocycles. The molecule has 1 heterocycles. The summed E-state index contributed by atoms with van der Waals surface area (Å²) in [4.78, 5) is 0. The molecule has 0 unspecified atom stereocenters. The van der Waals surface area contributed by atoms with Gasteiger partial charge in [0.1, 0.15) is 0 Å². The summed E-state index contributed by atoms with van der Waals surface area (Å²) < 4.78 is 3.08. The van der Waals surface area contributed by atoms with Crippen molar-refractivity contribution in [2.75, 3.05) is 0 Å². The number of fused-ring (bicyclic) bond motifs is 1. The Morgan fingerprint density at radius 2 is 1.93 bits per heavy atom. The summed E-state index contributed by atoms with van der Waals surface area (Å²) >= 11 is 3.45. The number of aliphatic hydroxyl groups is 1. The summed E-state index contributed by atoms with van der Waals surface area (Å²) in [7, 11) is 1.97. The lowest BCUT2D eigenvalue weighted by Crippen LogP contribution is -2.19. The maximum atomic E-state index is 10.0. The number of halogens is 1. The summed E-state index contributed by atoms with van der Waals surface area (Å²) in [5.41, 5.74) is 1.25. The Morgan fingerprint density at radius 3 is 2.53 bits per heavy atom. The zero-order chi connectivity index (χ0) is 11.2. The molecule has 2 nitrogen and oxygen atoms in total. The first-order valence-electron chi connectivity index (χ1n) is 4.87. The summed E-state index contributed by atoms with van der Waals surface area (Å²) in [5.74, 6) is 0. The van der Waals surface area contributed by atoms with Crippen molar-refractivity contribution in [2.45, 2.75) is 19.4 Å². The van der Waals surface area contributed by atoms with E-state index in [1.807, 2.05) is 23.7 Å². The van der Waals surface area contributed by atoms with Gasteiger partial charge in [-0.2, -0.15) is 0 Å². The van der Waals surface area contributed by atoms with E-state index in [1.165, 1.54) is 0 Å². The highest BCUT2D eigenvalue weighted by molar-refractivity contribution is 9.10. The number of aromatic nitrogens is 1. The van der Waals surface area contributed by atoms with Crippen LogP contribution in [0.3, 0.4) is 0 Å². The standard InChI is InChI=1S/C12H14BrNO/c1-12(2,15)11-6-8-4-5-9(13)7-10(8)14(11)3/h4-7,15H,1-3H3. The maximum absolute atomic E-state index is 10.0. The van der Waals surface area contributed by atoms with Gasteiger partial charge in [0, 0.05) is 28.1 Å². The number of rotatable bonds is 1. The van der Waals surface area contributed by atoms with Crippen LogP contribution in [0.1, 0.15) is 19.5 Å². The van der Waals surface area contributed by atoms with Gasteiger partial charge in [0.2, 0.25) is 0 Å². The van der Waals surface area contributed by atoms with Crippen LogP contribution in [0.4, 0.5) is 0 Å². The van der Waals surface area contributed by atoms with Crippen molar-refractivity contribution in [3.8, 4) is 0 Å². The van der Waals surface area contributed by atoms with Gasteiger partial charge in [0.05, 0.1) is 5.60 Å². The normalized spacial score (nSPS) is 12.3. The van der Waals surface area contributed by atoms with E-state index in [0.717, 1.165) is 21.1 Å². The van der Waals surface area contributed by atoms with Gasteiger partial charge in [-0.1, -0.05) is 22.0 Å². The van der Waals surface area contributed by atoms with Gasteiger partial charge in [-0.25, -0.2) is 0 Å². The molecule has 0 amide bonds. The molecule has 0 saturated carbocycles. The van der Waals surface area contributed by atoms with Crippen LogP contribution < -0.4 is 0 Å². The van der Waals surface area contributed by atoms with Crippen molar-refractivity contribution < 1.29 is 5.11 Å². The number of hydrogen-bond acceptors (Lipinski definition) is 1. The van der Waals surface area contributed by atoms with Crippen LogP contribution in [0, 0.1) is 0 Å². The third kappa shape index (κ3) is 1.82. The fourth-order valence-electron chi connectivity index (χ4n) is 1.89. The summed E-state index contributed by atoms with van der Waals surface area (Å²) in [5, 5.41) is 11.2. The van der Waals surface area contributed by atoms with Gasteiger partial charge < -0.3 is 9.67 Å². The Kier molecular flexibility index (Phi) is 2.40. The Hall–Kier alpha value is -0.800. The minimum atomic E-state index is -0.805. The van der Waals surface area contributed by atoms with Gasteiger partial charge in [0.15, 0.2) is 0 Å². The lowest BCUT2D eigenvalue weighted by Gasteiger charge is -2.18. The molecule has 0 atom stereocenters. The number of nitrogens with zero attached hydrogens (tertiary/aromatic N) is 1. The molecule has 1 N–H and O–H groups in total. The molecule has 15 heavy (non-hydrogen) atoms. The predicted octanol–water partition coefficient (Wildman–Crippen LogP) is 3.17. The topological polar surface area (TPSA) is 25.2 Å². The first-order valence-corrected chi connectivity index (χ1v) is 5.67. The molecule has 0 saturated heterocycles. The van der Waals surface area contributed by atoms with Crippen LogP contribution in [-0.2, 0) is 12.6 Å². The molecule has 1 aromatic heterocycles. The maximum Gasteiger partial charge on any atom is 0.0989 e. The molecule has 0 aliphatic rings. The summed E-state index contributed by atoms with van der Waals surface area (Å²) in [6.07, 6.45) is 0. The van der Waals surface area contributed by atoms with Gasteiger partial charge >= 0.3 is 0 Å². The molecule has 0 fully saturated rings. The third-order valence-electron chi connectivity index (χ3n) is 2.63. The van der Waals surface area contributed by atoms with E-state index >= 15 is 0 Å². The van der Waals surface area contributed by atoms with Crippen LogP contribution in [-0.4, -0.2) is 9.67 Å². The molecule has 0 aliphatic carbocycles. The van der Waals surface area contributed by atoms with Crippen LogP contribution >= 0.6 is 15.9 Å². The van der Waals surface area contributed by atoms with Gasteiger partial charge in [-0.15, -0.1) is 0 Å². The van der Waals surface area contributed by atoms with Gasteiger partial charge in [-0.05, 0) is 32.0 Å². The van der Waals surface area contributed by atoms with Gasteiger partial charge in [-0.3, -0.25) is 0 Å². The van der Waals surface area contributed by atoms with E-state index in [1.54, 1.807) is 13.8 Å². The molecule has 2 aromatic rings. The molecule has 0 radical (unpaired) electrons. The van der Waals surface area contributed by atoms with Gasteiger partial charge in [0.25, 0.3) is 0 Å². The Labute approximate surface area is 97.7 Å². The Morgan fingerprint density at radius 1 is 1.27 bits per heavy atom. The van der Waals surface area contributed by atoms with E-state index in [-0.39, 0.29) is 0 Å². The second kappa shape index (κ2) is 3.35. The Balaban J connectivity index is 2.76. The molecule has 2 rings (SSSR count). The molecular formula is C12H14BrNO. The van der Waals surface area contributed by atoms with Crippen molar-refractivity contribution in [3.63, 3.8) is 0 Å². The first kappa shape index (κ1) is 10.7. The van der Waals surface area contributed by atoms with E-state index in [2.05, 4.69) is 28.1 Å². The fraction of sp³-hybridized carbons (Fsp3) is 0.333. The van der Waals surface area contributed by atoms with E-state index in [9.17, 15) is 5.11 Å². The minimum Gasteiger partial charge on any atom is -0.384 e. The van der Waals surface area contributed by atoms with Crippen molar-refractivity contribution >= 4 is 26.8 Å². The molecule has 3 heteroatoms. The summed E-state index contributed by atoms with van der Waals surface area (Å²) in [6, 6.07) is 8.15. The average Bonchev–Trinajstić information content (AvgIpc) is 2.43. The van der Waals surface area contributed by atoms with E-state index < -0.39 is 5.60 Å². The zero-order valence-electron chi connectivity index (χ0n) is 9.08. The number of hydrogen-bond donors (Lipinski definition) is 1. The first-order chi connectivity index (χ1) is 6.89. The third-order valence-corrected chi connectivity index (χ3v) is 3.13. The SMILES string of the molecule is Cn1c(C(C)(C)O)cc2ccc(Br)cc21. The molecule has 0 bridgehead atoms. The molecular weight excluding hydrogens is 254 g/mol. The van der Waals surface area contributed by atoms with Crippen molar-refractivity contribution in [2.24, 2.45) is 7.05 Å². The van der Waals surface area contributed by atoms with Crippen molar-refractivity contribution in [1.82, 2.24) is 4.57 Å². The summed E-state index contributed by atoms with van der Waals surface area (Å²) in [6.45, 7) is 3.60. The van der Waals surface area contributed by atoms with Crippen LogP contribution in [0.25, 0.3) is 10.9 Å². The van der Waals surface area contributed by atoms with E-state index in [4.69, 9.17) is 0 Å². The van der Waals surface area contributed by atoms with Crippen LogP contribution in [0.5, 0.6) is 0 Å². The monoisotopic (exact) mass is 267 g/mol. The highest BCUT2D eigenvalue weighted by atomic mass is 79.9. The minimum absolute atomic E-state index is 0.805. The largest absolute Gasteiger partial charge is 0.384 e. The number of benzene rings is 1. The highest BCUT2D eigenvalue weighted by Crippen LogP contribution is 2.28. The molecule has 0 spiro atoms. The van der Waals surface area contributed by atoms with Crippen LogP contribution in [0.2, 0.25) is 0 Å². The lowest BCUT2D eigenvalue weighted by molar-refractivity contribution is 0.0712. The highest BCUT2D eigenvalue weighted by Gasteiger charge is 2.20. The van der Waals surface area contributed by atoms with E-state index in [0.29, 0.717) is 0 Å². The molecule has 0 aliphatic heterocycles. The Bertz CT molecular complexity index is 508.